The molecule has 3 unspecified atom stereocenters. The minimum atomic E-state index is 0.131. The van der Waals surface area contributed by atoms with Crippen LogP contribution in [0.5, 0.6) is 0 Å². The number of benzene rings is 3. The van der Waals surface area contributed by atoms with Crippen molar-refractivity contribution in [2.75, 3.05) is 0 Å². The van der Waals surface area contributed by atoms with Crippen LogP contribution in [0.25, 0.3) is 0 Å². The van der Waals surface area contributed by atoms with Gasteiger partial charge in [-0.15, -0.1) is 0 Å². The topological polar surface area (TPSA) is 27.7 Å². The average Bonchev–Trinajstić information content (AvgIpc) is 2.86. The second kappa shape index (κ2) is 11.0. The molecule has 3 atom stereocenters. The van der Waals surface area contributed by atoms with E-state index in [2.05, 4.69) is 97.6 Å². The molecular weight excluding hydrogens is 456 g/mol. The highest BCUT2D eigenvalue weighted by molar-refractivity contribution is 5.39. The van der Waals surface area contributed by atoms with Crippen LogP contribution in [-0.4, -0.2) is 6.10 Å². The lowest BCUT2D eigenvalue weighted by molar-refractivity contribution is 0.0210. The van der Waals surface area contributed by atoms with Crippen molar-refractivity contribution in [2.24, 2.45) is 0 Å². The van der Waals surface area contributed by atoms with Crippen LogP contribution in [0, 0.1) is 0 Å². The van der Waals surface area contributed by atoms with Crippen LogP contribution in [-0.2, 0) is 46.9 Å². The lowest BCUT2D eigenvalue weighted by atomic mass is 9.85. The van der Waals surface area contributed by atoms with Crippen LogP contribution in [0.4, 0.5) is 0 Å². The maximum absolute atomic E-state index is 6.37. The van der Waals surface area contributed by atoms with Gasteiger partial charge in [0.2, 0.25) is 0 Å². The summed E-state index contributed by atoms with van der Waals surface area (Å²) in [7, 11) is 0. The third kappa shape index (κ3) is 5.70. The number of allylic oxidation sites excluding steroid dienone is 3. The first-order chi connectivity index (χ1) is 18.2. The van der Waals surface area contributed by atoms with E-state index in [9.17, 15) is 0 Å². The predicted octanol–water partition coefficient (Wildman–Crippen LogP) is 7.66. The molecule has 0 spiro atoms. The molecule has 3 aromatic rings. The van der Waals surface area contributed by atoms with Crippen LogP contribution in [0.1, 0.15) is 64.0 Å². The van der Waals surface area contributed by atoms with Gasteiger partial charge in [0.05, 0.1) is 38.1 Å². The molecule has 37 heavy (non-hydrogen) atoms. The van der Waals surface area contributed by atoms with Gasteiger partial charge in [0, 0.05) is 12.8 Å². The predicted molar refractivity (Wildman–Crippen MR) is 147 cm³/mol. The highest BCUT2D eigenvalue weighted by Crippen LogP contribution is 2.37. The lowest BCUT2D eigenvalue weighted by Gasteiger charge is -2.30. The van der Waals surface area contributed by atoms with Crippen molar-refractivity contribution in [3.05, 3.63) is 142 Å². The van der Waals surface area contributed by atoms with Crippen molar-refractivity contribution >= 4 is 0 Å². The molecule has 0 heterocycles. The Morgan fingerprint density at radius 1 is 0.649 bits per heavy atom. The molecule has 0 amide bonds. The van der Waals surface area contributed by atoms with E-state index in [1.165, 1.54) is 33.4 Å². The molecule has 6 rings (SSSR count). The van der Waals surface area contributed by atoms with E-state index in [4.69, 9.17) is 14.2 Å². The average molecular weight is 491 g/mol. The summed E-state index contributed by atoms with van der Waals surface area (Å²) in [5.41, 5.74) is 10.0. The Morgan fingerprint density at radius 2 is 1.19 bits per heavy atom. The van der Waals surface area contributed by atoms with E-state index < -0.39 is 0 Å². The summed E-state index contributed by atoms with van der Waals surface area (Å²) >= 11 is 0. The van der Waals surface area contributed by atoms with E-state index in [-0.39, 0.29) is 18.3 Å². The Morgan fingerprint density at radius 3 is 1.76 bits per heavy atom. The molecule has 3 nitrogen and oxygen atoms in total. The third-order valence-corrected chi connectivity index (χ3v) is 7.58. The maximum atomic E-state index is 6.37. The number of hydrogen-bond donors (Lipinski definition) is 0. The van der Waals surface area contributed by atoms with E-state index in [1.54, 1.807) is 0 Å². The molecule has 0 aliphatic heterocycles. The minimum Gasteiger partial charge on any atom is -0.373 e. The van der Waals surface area contributed by atoms with Gasteiger partial charge in [-0.1, -0.05) is 103 Å². The smallest absolute Gasteiger partial charge is 0.0872 e. The zero-order valence-electron chi connectivity index (χ0n) is 21.3. The summed E-state index contributed by atoms with van der Waals surface area (Å²) in [5, 5.41) is 0. The van der Waals surface area contributed by atoms with Gasteiger partial charge in [-0.2, -0.15) is 0 Å². The van der Waals surface area contributed by atoms with Crippen LogP contribution in [0.2, 0.25) is 0 Å². The number of hydrogen-bond acceptors (Lipinski definition) is 3. The van der Waals surface area contributed by atoms with Crippen LogP contribution in [0.15, 0.2) is 103 Å². The SMILES string of the molecule is C=C1/C=C\C=C/CC(OCc2cc(COC3Cc4ccccc43)cc(COC3Cc4ccccc43)c2)C1. The van der Waals surface area contributed by atoms with Gasteiger partial charge in [-0.3, -0.25) is 0 Å². The highest BCUT2D eigenvalue weighted by atomic mass is 16.5. The standard InChI is InChI=1S/C34H34O3/c1-24-9-3-2-4-12-30(15-24)35-21-25-16-26(22-36-33-19-28-10-5-7-13-31(28)33)18-27(17-25)23-37-34-20-29-11-6-8-14-32(29)34/h2-11,13-14,16-18,30,33-34H,1,12,15,19-23H2/b4-2-,9-3-. The zero-order valence-corrected chi connectivity index (χ0v) is 21.3. The fraction of sp³-hybridized carbons (Fsp3) is 0.294. The van der Waals surface area contributed by atoms with Crippen LogP contribution in [0.3, 0.4) is 0 Å². The molecule has 0 saturated carbocycles. The third-order valence-electron chi connectivity index (χ3n) is 7.58. The quantitative estimate of drug-likeness (QED) is 0.308. The summed E-state index contributed by atoms with van der Waals surface area (Å²) in [5.74, 6) is 0. The van der Waals surface area contributed by atoms with E-state index >= 15 is 0 Å². The molecule has 0 aromatic heterocycles. The molecule has 0 saturated heterocycles. The molecule has 0 radical (unpaired) electrons. The summed E-state index contributed by atoms with van der Waals surface area (Å²) in [6, 6.07) is 23.8. The normalized spacial score (nSPS) is 23.6. The second-order valence-corrected chi connectivity index (χ2v) is 10.4. The fourth-order valence-electron chi connectivity index (χ4n) is 5.49. The summed E-state index contributed by atoms with van der Waals surface area (Å²) in [6.07, 6.45) is 12.6. The zero-order chi connectivity index (χ0) is 25.0. The highest BCUT2D eigenvalue weighted by Gasteiger charge is 2.27. The Kier molecular flexibility index (Phi) is 7.18. The van der Waals surface area contributed by atoms with Crippen molar-refractivity contribution in [2.45, 2.75) is 63.8 Å². The van der Waals surface area contributed by atoms with Gasteiger partial charge >= 0.3 is 0 Å². The molecule has 3 heteroatoms. The molecule has 3 aliphatic carbocycles. The fourth-order valence-corrected chi connectivity index (χ4v) is 5.49. The van der Waals surface area contributed by atoms with E-state index in [0.717, 1.165) is 36.8 Å². The van der Waals surface area contributed by atoms with Gasteiger partial charge in [0.1, 0.15) is 0 Å². The van der Waals surface area contributed by atoms with Crippen molar-refractivity contribution in [1.82, 2.24) is 0 Å². The van der Waals surface area contributed by atoms with Crippen LogP contribution >= 0.6 is 0 Å². The molecular formula is C34H34O3. The first-order valence-corrected chi connectivity index (χ1v) is 13.3. The first kappa shape index (κ1) is 24.1. The van der Waals surface area contributed by atoms with Gasteiger partial charge in [0.25, 0.3) is 0 Å². The van der Waals surface area contributed by atoms with Crippen molar-refractivity contribution in [1.29, 1.82) is 0 Å². The van der Waals surface area contributed by atoms with Gasteiger partial charge in [-0.25, -0.2) is 0 Å². The molecule has 3 aliphatic rings. The minimum absolute atomic E-state index is 0.131. The lowest BCUT2D eigenvalue weighted by Crippen LogP contribution is -2.20. The molecule has 3 aromatic carbocycles. The van der Waals surface area contributed by atoms with Gasteiger partial charge < -0.3 is 14.2 Å². The van der Waals surface area contributed by atoms with Gasteiger partial charge in [-0.05, 0) is 51.8 Å². The Balaban J connectivity index is 1.13. The molecule has 0 fully saturated rings. The number of fused-ring (bicyclic) bond motifs is 2. The second-order valence-electron chi connectivity index (χ2n) is 10.4. The molecule has 0 bridgehead atoms. The number of rotatable bonds is 9. The van der Waals surface area contributed by atoms with Gasteiger partial charge in [0.15, 0.2) is 0 Å². The molecule has 188 valence electrons. The largest absolute Gasteiger partial charge is 0.373 e. The monoisotopic (exact) mass is 490 g/mol. The van der Waals surface area contributed by atoms with Crippen LogP contribution < -0.4 is 0 Å². The summed E-state index contributed by atoms with van der Waals surface area (Å²) in [6.45, 7) is 5.89. The first-order valence-electron chi connectivity index (χ1n) is 13.3. The van der Waals surface area contributed by atoms with Crippen molar-refractivity contribution in [3.63, 3.8) is 0 Å². The van der Waals surface area contributed by atoms with Crippen molar-refractivity contribution in [3.8, 4) is 0 Å². The van der Waals surface area contributed by atoms with E-state index in [1.807, 2.05) is 0 Å². The Labute approximate surface area is 220 Å². The molecule has 0 N–H and O–H groups in total. The maximum Gasteiger partial charge on any atom is 0.0872 e. The summed E-state index contributed by atoms with van der Waals surface area (Å²) in [4.78, 5) is 0. The van der Waals surface area contributed by atoms with E-state index in [0.29, 0.717) is 19.8 Å². The van der Waals surface area contributed by atoms with Crippen molar-refractivity contribution < 1.29 is 14.2 Å². The number of ether oxygens (including phenoxy) is 3. The Bertz CT molecular complexity index is 1260. The Hall–Kier alpha value is -3.24. The summed E-state index contributed by atoms with van der Waals surface area (Å²) < 4.78 is 19.0.